The van der Waals surface area contributed by atoms with Crippen LogP contribution in [0.1, 0.15) is 37.8 Å². The van der Waals surface area contributed by atoms with E-state index in [1.54, 1.807) is 0 Å². The average molecular weight is 289 g/mol. The Morgan fingerprint density at radius 2 is 2.19 bits per heavy atom. The van der Waals surface area contributed by atoms with Crippen LogP contribution in [0.3, 0.4) is 0 Å². The van der Waals surface area contributed by atoms with Crippen molar-refractivity contribution >= 4 is 5.91 Å². The lowest BCUT2D eigenvalue weighted by Gasteiger charge is -2.21. The molecule has 0 aromatic heterocycles. The summed E-state index contributed by atoms with van der Waals surface area (Å²) in [7, 11) is 2.13. The highest BCUT2D eigenvalue weighted by atomic mass is 16.2. The summed E-state index contributed by atoms with van der Waals surface area (Å²) in [5.74, 6) is 0.122. The summed E-state index contributed by atoms with van der Waals surface area (Å²) in [6.07, 6.45) is 2.04. The number of carbonyl (C=O) groups excluding carboxylic acids is 1. The fraction of sp³-hybridized carbons (Fsp3) is 0.588. The monoisotopic (exact) mass is 289 g/mol. The largest absolute Gasteiger partial charge is 0.351 e. The van der Waals surface area contributed by atoms with E-state index in [2.05, 4.69) is 60.7 Å². The molecule has 21 heavy (non-hydrogen) atoms. The predicted molar refractivity (Wildman–Crippen MR) is 85.9 cm³/mol. The molecule has 1 atom stereocenters. The molecule has 1 fully saturated rings. The minimum absolute atomic E-state index is 0.000238. The van der Waals surface area contributed by atoms with Gasteiger partial charge in [0.05, 0.1) is 6.04 Å². The van der Waals surface area contributed by atoms with Gasteiger partial charge in [0.2, 0.25) is 5.91 Å². The van der Waals surface area contributed by atoms with Crippen LogP contribution in [0.2, 0.25) is 0 Å². The smallest absolute Gasteiger partial charge is 0.237 e. The van der Waals surface area contributed by atoms with Gasteiger partial charge in [-0.1, -0.05) is 24.3 Å². The minimum atomic E-state index is 0.000238. The molecule has 0 spiro atoms. The molecule has 1 unspecified atom stereocenters. The molecule has 1 aliphatic rings. The third kappa shape index (κ3) is 4.83. The van der Waals surface area contributed by atoms with Crippen LogP contribution in [0.15, 0.2) is 24.3 Å². The molecule has 1 amide bonds. The highest BCUT2D eigenvalue weighted by molar-refractivity contribution is 5.81. The third-order valence-electron chi connectivity index (χ3n) is 4.15. The molecule has 0 radical (unpaired) electrons. The maximum Gasteiger partial charge on any atom is 0.237 e. The summed E-state index contributed by atoms with van der Waals surface area (Å²) in [6.45, 7) is 6.88. The standard InChI is InChI=1S/C17H27N3O/c1-13(2)20(3)12-15-7-4-6-14(10-15)11-19-17(21)16-8-5-9-18-16/h4,6-7,10,13,16,18H,5,8-9,11-12H2,1-3H3,(H,19,21). The number of nitrogens with one attached hydrogen (secondary N) is 2. The molecule has 2 N–H and O–H groups in total. The van der Waals surface area contributed by atoms with Crippen LogP contribution in [-0.2, 0) is 17.9 Å². The van der Waals surface area contributed by atoms with Gasteiger partial charge in [0, 0.05) is 19.1 Å². The summed E-state index contributed by atoms with van der Waals surface area (Å²) in [5, 5.41) is 6.25. The van der Waals surface area contributed by atoms with Crippen LogP contribution in [0.25, 0.3) is 0 Å². The number of hydrogen-bond donors (Lipinski definition) is 2. The Kier molecular flexibility index (Phi) is 5.76. The molecule has 4 nitrogen and oxygen atoms in total. The van der Waals surface area contributed by atoms with E-state index in [-0.39, 0.29) is 11.9 Å². The maximum absolute atomic E-state index is 12.0. The SMILES string of the molecule is CC(C)N(C)Cc1cccc(CNC(=O)C2CCCN2)c1. The Labute approximate surface area is 127 Å². The number of amides is 1. The zero-order valence-electron chi connectivity index (χ0n) is 13.4. The molecule has 2 rings (SSSR count). The topological polar surface area (TPSA) is 44.4 Å². The first-order valence-electron chi connectivity index (χ1n) is 7.85. The van der Waals surface area contributed by atoms with Gasteiger partial charge in [-0.2, -0.15) is 0 Å². The van der Waals surface area contributed by atoms with Gasteiger partial charge in [0.1, 0.15) is 0 Å². The van der Waals surface area contributed by atoms with Crippen LogP contribution >= 0.6 is 0 Å². The third-order valence-corrected chi connectivity index (χ3v) is 4.15. The fourth-order valence-corrected chi connectivity index (χ4v) is 2.53. The van der Waals surface area contributed by atoms with Crippen molar-refractivity contribution < 1.29 is 4.79 Å². The fourth-order valence-electron chi connectivity index (χ4n) is 2.53. The molecule has 1 aromatic carbocycles. The summed E-state index contributed by atoms with van der Waals surface area (Å²) in [4.78, 5) is 14.3. The number of rotatable bonds is 6. The van der Waals surface area contributed by atoms with E-state index in [1.807, 2.05) is 0 Å². The van der Waals surface area contributed by atoms with Crippen molar-refractivity contribution in [2.75, 3.05) is 13.6 Å². The number of hydrogen-bond acceptors (Lipinski definition) is 3. The quantitative estimate of drug-likeness (QED) is 0.840. The molecule has 4 heteroatoms. The van der Waals surface area contributed by atoms with Crippen molar-refractivity contribution in [3.8, 4) is 0 Å². The second-order valence-corrected chi connectivity index (χ2v) is 6.20. The average Bonchev–Trinajstić information content (AvgIpc) is 2.99. The maximum atomic E-state index is 12.0. The van der Waals surface area contributed by atoms with Crippen molar-refractivity contribution in [2.24, 2.45) is 0 Å². The summed E-state index contributed by atoms with van der Waals surface area (Å²) in [6, 6.07) is 8.99. The van der Waals surface area contributed by atoms with Crippen molar-refractivity contribution in [1.29, 1.82) is 0 Å². The van der Waals surface area contributed by atoms with E-state index in [1.165, 1.54) is 5.56 Å². The normalized spacial score (nSPS) is 18.4. The molecule has 116 valence electrons. The zero-order valence-corrected chi connectivity index (χ0v) is 13.4. The van der Waals surface area contributed by atoms with Gasteiger partial charge in [-0.15, -0.1) is 0 Å². The van der Waals surface area contributed by atoms with Gasteiger partial charge >= 0.3 is 0 Å². The van der Waals surface area contributed by atoms with E-state index in [4.69, 9.17) is 0 Å². The van der Waals surface area contributed by atoms with E-state index in [9.17, 15) is 4.79 Å². The predicted octanol–water partition coefficient (Wildman–Crippen LogP) is 1.89. The summed E-state index contributed by atoms with van der Waals surface area (Å²) < 4.78 is 0. The lowest BCUT2D eigenvalue weighted by Crippen LogP contribution is -2.40. The van der Waals surface area contributed by atoms with Gasteiger partial charge in [0.25, 0.3) is 0 Å². The second-order valence-electron chi connectivity index (χ2n) is 6.20. The molecule has 0 bridgehead atoms. The summed E-state index contributed by atoms with van der Waals surface area (Å²) in [5.41, 5.74) is 2.45. The van der Waals surface area contributed by atoms with Crippen molar-refractivity contribution in [1.82, 2.24) is 15.5 Å². The van der Waals surface area contributed by atoms with Gasteiger partial charge in [0.15, 0.2) is 0 Å². The van der Waals surface area contributed by atoms with Crippen LogP contribution in [0.5, 0.6) is 0 Å². The van der Waals surface area contributed by atoms with Crippen LogP contribution in [0.4, 0.5) is 0 Å². The van der Waals surface area contributed by atoms with Crippen LogP contribution < -0.4 is 10.6 Å². The molecule has 1 saturated heterocycles. The Balaban J connectivity index is 1.87. The first kappa shape index (κ1) is 16.0. The number of carbonyl (C=O) groups is 1. The van der Waals surface area contributed by atoms with Gasteiger partial charge in [-0.05, 0) is 51.4 Å². The van der Waals surface area contributed by atoms with Crippen molar-refractivity contribution in [3.05, 3.63) is 35.4 Å². The second kappa shape index (κ2) is 7.57. The van der Waals surface area contributed by atoms with Crippen LogP contribution in [0, 0.1) is 0 Å². The van der Waals surface area contributed by atoms with Gasteiger partial charge < -0.3 is 10.6 Å². The Morgan fingerprint density at radius 3 is 2.86 bits per heavy atom. The number of nitrogens with zero attached hydrogens (tertiary/aromatic N) is 1. The van der Waals surface area contributed by atoms with Gasteiger partial charge in [-0.25, -0.2) is 0 Å². The highest BCUT2D eigenvalue weighted by Gasteiger charge is 2.21. The van der Waals surface area contributed by atoms with E-state index in [0.29, 0.717) is 12.6 Å². The Bertz CT molecular complexity index is 467. The lowest BCUT2D eigenvalue weighted by atomic mass is 10.1. The Morgan fingerprint density at radius 1 is 1.43 bits per heavy atom. The van der Waals surface area contributed by atoms with E-state index >= 15 is 0 Å². The summed E-state index contributed by atoms with van der Waals surface area (Å²) >= 11 is 0. The molecular formula is C17H27N3O. The molecule has 0 saturated carbocycles. The highest BCUT2D eigenvalue weighted by Crippen LogP contribution is 2.10. The van der Waals surface area contributed by atoms with Crippen LogP contribution in [-0.4, -0.2) is 36.5 Å². The van der Waals surface area contributed by atoms with E-state index in [0.717, 1.165) is 31.5 Å². The molecule has 1 aliphatic heterocycles. The van der Waals surface area contributed by atoms with Gasteiger partial charge in [-0.3, -0.25) is 9.69 Å². The first-order valence-corrected chi connectivity index (χ1v) is 7.85. The zero-order chi connectivity index (χ0) is 15.2. The minimum Gasteiger partial charge on any atom is -0.351 e. The van der Waals surface area contributed by atoms with E-state index < -0.39 is 0 Å². The van der Waals surface area contributed by atoms with Crippen molar-refractivity contribution in [2.45, 2.75) is 51.9 Å². The number of benzene rings is 1. The first-order chi connectivity index (χ1) is 10.1. The van der Waals surface area contributed by atoms with Crippen molar-refractivity contribution in [3.63, 3.8) is 0 Å². The molecule has 1 aromatic rings. The molecule has 0 aliphatic carbocycles. The lowest BCUT2D eigenvalue weighted by molar-refractivity contribution is -0.122. The molecular weight excluding hydrogens is 262 g/mol. The Hall–Kier alpha value is -1.39. The molecule has 1 heterocycles.